The lowest BCUT2D eigenvalue weighted by Gasteiger charge is -2.14. The Balaban J connectivity index is 2.03. The number of aromatic carboxylic acids is 1. The van der Waals surface area contributed by atoms with Gasteiger partial charge in [0.15, 0.2) is 5.69 Å². The van der Waals surface area contributed by atoms with Crippen molar-refractivity contribution in [1.82, 2.24) is 9.78 Å². The zero-order valence-electron chi connectivity index (χ0n) is 12.3. The molecule has 2 aromatic rings. The fourth-order valence-electron chi connectivity index (χ4n) is 3.08. The molecule has 0 saturated carbocycles. The van der Waals surface area contributed by atoms with Gasteiger partial charge in [0.05, 0.1) is 5.69 Å². The molecule has 0 amide bonds. The highest BCUT2D eigenvalue weighted by Gasteiger charge is 2.25. The summed E-state index contributed by atoms with van der Waals surface area (Å²) in [5, 5.41) is 13.7. The molecule has 21 heavy (non-hydrogen) atoms. The lowest BCUT2D eigenvalue weighted by molar-refractivity contribution is 0.0688. The van der Waals surface area contributed by atoms with E-state index in [0.29, 0.717) is 0 Å². The second-order valence-electron chi connectivity index (χ2n) is 5.61. The molecule has 0 bridgehead atoms. The molecule has 1 aliphatic carbocycles. The standard InChI is InChI=1S/C17H20N2O2/c1-2-5-12-8-10-13(11-9-12)19-15-7-4-3-6-14(15)16(18-19)17(20)21/h8-11H,2-7H2,1H3,(H,20,21). The summed E-state index contributed by atoms with van der Waals surface area (Å²) in [6.07, 6.45) is 6.08. The van der Waals surface area contributed by atoms with E-state index in [1.54, 1.807) is 0 Å². The number of carboxylic acid groups (broad SMARTS) is 1. The molecule has 3 rings (SSSR count). The van der Waals surface area contributed by atoms with E-state index in [2.05, 4.69) is 24.2 Å². The molecule has 0 spiro atoms. The van der Waals surface area contributed by atoms with Crippen molar-refractivity contribution in [1.29, 1.82) is 0 Å². The molecule has 0 atom stereocenters. The normalized spacial score (nSPS) is 14.0. The van der Waals surface area contributed by atoms with Crippen molar-refractivity contribution in [3.63, 3.8) is 0 Å². The van der Waals surface area contributed by atoms with Gasteiger partial charge in [0.25, 0.3) is 0 Å². The first-order valence-corrected chi connectivity index (χ1v) is 7.64. The summed E-state index contributed by atoms with van der Waals surface area (Å²) in [4.78, 5) is 11.4. The van der Waals surface area contributed by atoms with Crippen molar-refractivity contribution >= 4 is 5.97 Å². The highest BCUT2D eigenvalue weighted by atomic mass is 16.4. The van der Waals surface area contributed by atoms with E-state index < -0.39 is 5.97 Å². The van der Waals surface area contributed by atoms with Gasteiger partial charge in [-0.25, -0.2) is 9.48 Å². The minimum Gasteiger partial charge on any atom is -0.476 e. The predicted octanol–water partition coefficient (Wildman–Crippen LogP) is 3.40. The van der Waals surface area contributed by atoms with Crippen molar-refractivity contribution < 1.29 is 9.90 Å². The number of carboxylic acids is 1. The van der Waals surface area contributed by atoms with Gasteiger partial charge < -0.3 is 5.11 Å². The average Bonchev–Trinajstić information content (AvgIpc) is 2.88. The number of carbonyl (C=O) groups is 1. The molecule has 4 heteroatoms. The van der Waals surface area contributed by atoms with Gasteiger partial charge in [-0.3, -0.25) is 0 Å². The van der Waals surface area contributed by atoms with E-state index in [1.165, 1.54) is 5.56 Å². The van der Waals surface area contributed by atoms with Crippen LogP contribution in [0.1, 0.15) is 53.5 Å². The van der Waals surface area contributed by atoms with Crippen LogP contribution in [0.5, 0.6) is 0 Å². The van der Waals surface area contributed by atoms with Gasteiger partial charge in [-0.15, -0.1) is 0 Å². The number of fused-ring (bicyclic) bond motifs is 1. The fourth-order valence-corrected chi connectivity index (χ4v) is 3.08. The molecule has 1 heterocycles. The molecule has 0 radical (unpaired) electrons. The number of hydrogen-bond acceptors (Lipinski definition) is 2. The molecule has 110 valence electrons. The maximum Gasteiger partial charge on any atom is 0.356 e. The minimum absolute atomic E-state index is 0.224. The van der Waals surface area contributed by atoms with Crippen molar-refractivity contribution in [2.24, 2.45) is 0 Å². The first kappa shape index (κ1) is 13.9. The van der Waals surface area contributed by atoms with Crippen molar-refractivity contribution in [2.45, 2.75) is 45.4 Å². The van der Waals surface area contributed by atoms with Crippen molar-refractivity contribution in [3.8, 4) is 5.69 Å². The van der Waals surface area contributed by atoms with Gasteiger partial charge in [-0.2, -0.15) is 5.10 Å². The van der Waals surface area contributed by atoms with Gasteiger partial charge in [0.2, 0.25) is 0 Å². The number of nitrogens with zero attached hydrogens (tertiary/aromatic N) is 2. The predicted molar refractivity (Wildman–Crippen MR) is 81.2 cm³/mol. The Kier molecular flexibility index (Phi) is 3.78. The molecule has 0 fully saturated rings. The Morgan fingerprint density at radius 1 is 1.24 bits per heavy atom. The monoisotopic (exact) mass is 284 g/mol. The zero-order valence-corrected chi connectivity index (χ0v) is 12.3. The van der Waals surface area contributed by atoms with Crippen LogP contribution in [0.4, 0.5) is 0 Å². The summed E-state index contributed by atoms with van der Waals surface area (Å²) < 4.78 is 1.83. The summed E-state index contributed by atoms with van der Waals surface area (Å²) in [5.41, 5.74) is 4.48. The molecular weight excluding hydrogens is 264 g/mol. The lowest BCUT2D eigenvalue weighted by atomic mass is 9.95. The van der Waals surface area contributed by atoms with E-state index in [-0.39, 0.29) is 5.69 Å². The van der Waals surface area contributed by atoms with E-state index in [1.807, 2.05) is 16.8 Å². The largest absolute Gasteiger partial charge is 0.476 e. The third kappa shape index (κ3) is 2.58. The zero-order chi connectivity index (χ0) is 14.8. The minimum atomic E-state index is -0.922. The number of rotatable bonds is 4. The molecule has 4 nitrogen and oxygen atoms in total. The molecule has 0 aliphatic heterocycles. The Hall–Kier alpha value is -2.10. The van der Waals surface area contributed by atoms with E-state index in [4.69, 9.17) is 0 Å². The summed E-state index contributed by atoms with van der Waals surface area (Å²) in [6, 6.07) is 8.30. The van der Waals surface area contributed by atoms with Crippen LogP contribution in [0.3, 0.4) is 0 Å². The van der Waals surface area contributed by atoms with E-state index >= 15 is 0 Å². The molecule has 0 saturated heterocycles. The van der Waals surface area contributed by atoms with Crippen molar-refractivity contribution in [2.75, 3.05) is 0 Å². The van der Waals surface area contributed by atoms with Crippen molar-refractivity contribution in [3.05, 3.63) is 46.8 Å². The van der Waals surface area contributed by atoms with Crippen LogP contribution in [0.25, 0.3) is 5.69 Å². The molecule has 1 N–H and O–H groups in total. The third-order valence-electron chi connectivity index (χ3n) is 4.10. The Morgan fingerprint density at radius 2 is 1.95 bits per heavy atom. The SMILES string of the molecule is CCCc1ccc(-n2nc(C(=O)O)c3c2CCCC3)cc1. The Morgan fingerprint density at radius 3 is 2.62 bits per heavy atom. The van der Waals surface area contributed by atoms with E-state index in [0.717, 1.165) is 55.5 Å². The Labute approximate surface area is 124 Å². The maximum absolute atomic E-state index is 11.4. The van der Waals surface area contributed by atoms with E-state index in [9.17, 15) is 9.90 Å². The van der Waals surface area contributed by atoms with Gasteiger partial charge >= 0.3 is 5.97 Å². The smallest absolute Gasteiger partial charge is 0.356 e. The number of aryl methyl sites for hydroxylation is 1. The highest BCUT2D eigenvalue weighted by Crippen LogP contribution is 2.27. The van der Waals surface area contributed by atoms with Gasteiger partial charge in [-0.05, 0) is 49.8 Å². The van der Waals surface area contributed by atoms with Gasteiger partial charge in [0.1, 0.15) is 0 Å². The molecule has 1 aromatic heterocycles. The maximum atomic E-state index is 11.4. The van der Waals surface area contributed by atoms with Gasteiger partial charge in [0, 0.05) is 11.3 Å². The summed E-state index contributed by atoms with van der Waals surface area (Å²) in [7, 11) is 0. The molecule has 1 aliphatic rings. The molecule has 1 aromatic carbocycles. The lowest BCUT2D eigenvalue weighted by Crippen LogP contribution is -2.08. The van der Waals surface area contributed by atoms with Crippen LogP contribution in [0.15, 0.2) is 24.3 Å². The van der Waals surface area contributed by atoms with Crippen LogP contribution in [-0.4, -0.2) is 20.9 Å². The Bertz CT molecular complexity index is 656. The second-order valence-corrected chi connectivity index (χ2v) is 5.61. The first-order valence-electron chi connectivity index (χ1n) is 7.64. The first-order chi connectivity index (χ1) is 10.2. The average molecular weight is 284 g/mol. The van der Waals surface area contributed by atoms with Crippen LogP contribution >= 0.6 is 0 Å². The van der Waals surface area contributed by atoms with Crippen LogP contribution in [-0.2, 0) is 19.3 Å². The number of benzene rings is 1. The highest BCUT2D eigenvalue weighted by molar-refractivity contribution is 5.87. The summed E-state index contributed by atoms with van der Waals surface area (Å²) >= 11 is 0. The summed E-state index contributed by atoms with van der Waals surface area (Å²) in [5.74, 6) is -0.922. The molecule has 0 unspecified atom stereocenters. The number of aromatic nitrogens is 2. The summed E-state index contributed by atoms with van der Waals surface area (Å²) in [6.45, 7) is 2.16. The van der Waals surface area contributed by atoms with Gasteiger partial charge in [-0.1, -0.05) is 25.5 Å². The topological polar surface area (TPSA) is 55.1 Å². The van der Waals surface area contributed by atoms with Crippen LogP contribution in [0.2, 0.25) is 0 Å². The van der Waals surface area contributed by atoms with Crippen LogP contribution < -0.4 is 0 Å². The fraction of sp³-hybridized carbons (Fsp3) is 0.412. The molecular formula is C17H20N2O2. The number of hydrogen-bond donors (Lipinski definition) is 1. The second kappa shape index (κ2) is 5.72. The quantitative estimate of drug-likeness (QED) is 0.936. The van der Waals surface area contributed by atoms with Crippen LogP contribution in [0, 0.1) is 0 Å². The third-order valence-corrected chi connectivity index (χ3v) is 4.10.